The molecule has 0 amide bonds. The molecule has 4 rings (SSSR count). The van der Waals surface area contributed by atoms with Gasteiger partial charge in [-0.05, 0) is 22.3 Å². The smallest absolute Gasteiger partial charge is 0.325 e. The molecular weight excluding hydrogens is 422 g/mol. The maximum atomic E-state index is 13.0. The summed E-state index contributed by atoms with van der Waals surface area (Å²) in [6.45, 7) is 0.570. The van der Waals surface area contributed by atoms with E-state index in [1.165, 1.54) is 7.11 Å². The van der Waals surface area contributed by atoms with Crippen LogP contribution in [0.15, 0.2) is 121 Å². The van der Waals surface area contributed by atoms with E-state index in [2.05, 4.69) is 41.7 Å². The number of ether oxygens (including phenoxy) is 2. The normalized spacial score (nSPS) is 12.1. The van der Waals surface area contributed by atoms with Gasteiger partial charge in [0.2, 0.25) is 0 Å². The lowest BCUT2D eigenvalue weighted by atomic mass is 9.76. The first-order chi connectivity index (χ1) is 16.7. The Balaban J connectivity index is 1.76. The molecule has 0 heterocycles. The zero-order chi connectivity index (χ0) is 23.6. The molecule has 4 aromatic rings. The summed E-state index contributed by atoms with van der Waals surface area (Å²) in [5.41, 5.74) is 3.31. The summed E-state index contributed by atoms with van der Waals surface area (Å²) < 4.78 is 11.2. The largest absolute Gasteiger partial charge is 0.468 e. The molecule has 0 aromatic heterocycles. The van der Waals surface area contributed by atoms with Gasteiger partial charge in [0.25, 0.3) is 0 Å². The summed E-state index contributed by atoms with van der Waals surface area (Å²) in [5, 5.41) is 3.65. The highest BCUT2D eigenvalue weighted by molar-refractivity contribution is 5.76. The molecular formula is C30H29NO3. The molecule has 0 fully saturated rings. The van der Waals surface area contributed by atoms with Crippen LogP contribution in [0.3, 0.4) is 0 Å². The number of carbonyl (C=O) groups is 1. The second-order valence-corrected chi connectivity index (χ2v) is 8.07. The van der Waals surface area contributed by atoms with E-state index in [1.807, 2.05) is 84.9 Å². The van der Waals surface area contributed by atoms with Crippen LogP contribution in [0.2, 0.25) is 0 Å². The Hall–Kier alpha value is -3.73. The van der Waals surface area contributed by atoms with Crippen molar-refractivity contribution >= 4 is 5.97 Å². The quantitative estimate of drug-likeness (QED) is 0.262. The molecule has 1 unspecified atom stereocenters. The van der Waals surface area contributed by atoms with E-state index in [-0.39, 0.29) is 12.6 Å². The zero-order valence-electron chi connectivity index (χ0n) is 19.3. The minimum atomic E-state index is -0.793. The van der Waals surface area contributed by atoms with E-state index < -0.39 is 11.6 Å². The van der Waals surface area contributed by atoms with Crippen molar-refractivity contribution in [2.45, 2.75) is 18.2 Å². The molecule has 172 valence electrons. The maximum Gasteiger partial charge on any atom is 0.325 e. The molecule has 0 saturated carbocycles. The molecule has 0 aliphatic heterocycles. The molecule has 4 nitrogen and oxygen atoms in total. The van der Waals surface area contributed by atoms with Crippen LogP contribution >= 0.6 is 0 Å². The Morgan fingerprint density at radius 2 is 1.12 bits per heavy atom. The van der Waals surface area contributed by atoms with E-state index in [1.54, 1.807) is 0 Å². The Morgan fingerprint density at radius 1 is 0.706 bits per heavy atom. The van der Waals surface area contributed by atoms with Crippen molar-refractivity contribution in [3.05, 3.63) is 144 Å². The molecule has 4 heteroatoms. The summed E-state index contributed by atoms with van der Waals surface area (Å²) in [6, 6.07) is 39.7. The van der Waals surface area contributed by atoms with Gasteiger partial charge in [0, 0.05) is 0 Å². The molecule has 4 aromatic carbocycles. The Morgan fingerprint density at radius 3 is 1.53 bits per heavy atom. The summed E-state index contributed by atoms with van der Waals surface area (Å²) >= 11 is 0. The van der Waals surface area contributed by atoms with Crippen LogP contribution in [-0.4, -0.2) is 25.7 Å². The number of nitrogens with one attached hydrogen (secondary N) is 1. The van der Waals surface area contributed by atoms with Gasteiger partial charge in [0.1, 0.15) is 6.04 Å². The van der Waals surface area contributed by atoms with E-state index in [0.29, 0.717) is 6.61 Å². The third-order valence-corrected chi connectivity index (χ3v) is 5.89. The van der Waals surface area contributed by atoms with Gasteiger partial charge >= 0.3 is 5.97 Å². The summed E-state index contributed by atoms with van der Waals surface area (Å²) in [6.07, 6.45) is 0. The number of hydrogen-bond donors (Lipinski definition) is 1. The average Bonchev–Trinajstić information content (AvgIpc) is 2.92. The van der Waals surface area contributed by atoms with Crippen molar-refractivity contribution < 1.29 is 14.3 Å². The van der Waals surface area contributed by atoms with Crippen LogP contribution in [0.1, 0.15) is 22.3 Å². The Kier molecular flexibility index (Phi) is 7.87. The first-order valence-electron chi connectivity index (χ1n) is 11.4. The lowest BCUT2D eigenvalue weighted by Gasteiger charge is -2.39. The van der Waals surface area contributed by atoms with Gasteiger partial charge in [0.05, 0.1) is 25.9 Å². The molecule has 0 aliphatic carbocycles. The molecule has 0 aliphatic rings. The lowest BCUT2D eigenvalue weighted by Crippen LogP contribution is -2.54. The predicted molar refractivity (Wildman–Crippen MR) is 134 cm³/mol. The van der Waals surface area contributed by atoms with E-state index in [9.17, 15) is 4.79 Å². The molecule has 0 saturated heterocycles. The van der Waals surface area contributed by atoms with Crippen molar-refractivity contribution in [1.82, 2.24) is 5.32 Å². The highest BCUT2D eigenvalue weighted by Crippen LogP contribution is 2.37. The number of methoxy groups -OCH3 is 1. The van der Waals surface area contributed by atoms with Gasteiger partial charge in [-0.3, -0.25) is 10.1 Å². The van der Waals surface area contributed by atoms with Crippen molar-refractivity contribution in [3.63, 3.8) is 0 Å². The molecule has 34 heavy (non-hydrogen) atoms. The lowest BCUT2D eigenvalue weighted by molar-refractivity contribution is -0.145. The van der Waals surface area contributed by atoms with Gasteiger partial charge in [-0.15, -0.1) is 0 Å². The number of carbonyl (C=O) groups excluding carboxylic acids is 1. The number of rotatable bonds is 10. The summed E-state index contributed by atoms with van der Waals surface area (Å²) in [5.74, 6) is -0.375. The van der Waals surface area contributed by atoms with E-state index in [0.717, 1.165) is 22.3 Å². The highest BCUT2D eigenvalue weighted by atomic mass is 16.5. The number of benzene rings is 4. The van der Waals surface area contributed by atoms with Crippen molar-refractivity contribution in [3.8, 4) is 0 Å². The maximum absolute atomic E-state index is 13.0. The molecule has 0 spiro atoms. The minimum absolute atomic E-state index is 0.163. The van der Waals surface area contributed by atoms with Crippen LogP contribution < -0.4 is 5.32 Å². The third-order valence-electron chi connectivity index (χ3n) is 5.89. The topological polar surface area (TPSA) is 47.6 Å². The average molecular weight is 452 g/mol. The fraction of sp³-hybridized carbons (Fsp3) is 0.167. The van der Waals surface area contributed by atoms with Crippen LogP contribution in [0.25, 0.3) is 0 Å². The summed E-state index contributed by atoms with van der Waals surface area (Å²) in [7, 11) is 1.41. The second-order valence-electron chi connectivity index (χ2n) is 8.07. The van der Waals surface area contributed by atoms with Gasteiger partial charge in [0.15, 0.2) is 0 Å². The fourth-order valence-corrected chi connectivity index (χ4v) is 4.26. The van der Waals surface area contributed by atoms with Crippen LogP contribution in [0.5, 0.6) is 0 Å². The molecule has 1 atom stereocenters. The predicted octanol–water partition coefficient (Wildman–Crippen LogP) is 5.33. The third kappa shape index (κ3) is 5.25. The van der Waals surface area contributed by atoms with Crippen molar-refractivity contribution in [2.75, 3.05) is 13.7 Å². The standard InChI is InChI=1S/C30H29NO3/c1-33-29(32)28(23-34-22-24-14-6-2-7-15-24)31-30(25-16-8-3-9-17-25,26-18-10-4-11-19-26)27-20-12-5-13-21-27/h2-21,28,31H,22-23H2,1H3. The molecule has 0 bridgehead atoms. The first kappa shape index (κ1) is 23.4. The second kappa shape index (κ2) is 11.4. The monoisotopic (exact) mass is 451 g/mol. The Bertz CT molecular complexity index is 1050. The number of esters is 1. The van der Waals surface area contributed by atoms with Crippen LogP contribution in [-0.2, 0) is 26.4 Å². The molecule has 0 radical (unpaired) electrons. The fourth-order valence-electron chi connectivity index (χ4n) is 4.26. The van der Waals surface area contributed by atoms with Crippen molar-refractivity contribution in [1.29, 1.82) is 0 Å². The minimum Gasteiger partial charge on any atom is -0.468 e. The van der Waals surface area contributed by atoms with E-state index in [4.69, 9.17) is 9.47 Å². The Labute approximate surface area is 201 Å². The highest BCUT2D eigenvalue weighted by Gasteiger charge is 2.40. The van der Waals surface area contributed by atoms with Gasteiger partial charge in [-0.25, -0.2) is 0 Å². The van der Waals surface area contributed by atoms with Gasteiger partial charge < -0.3 is 9.47 Å². The zero-order valence-corrected chi connectivity index (χ0v) is 19.3. The SMILES string of the molecule is COC(=O)C(COCc1ccccc1)NC(c1ccccc1)(c1ccccc1)c1ccccc1. The number of hydrogen-bond acceptors (Lipinski definition) is 4. The van der Waals surface area contributed by atoms with Gasteiger partial charge in [-0.1, -0.05) is 121 Å². The van der Waals surface area contributed by atoms with E-state index >= 15 is 0 Å². The first-order valence-corrected chi connectivity index (χ1v) is 11.4. The van der Waals surface area contributed by atoms with Crippen molar-refractivity contribution in [2.24, 2.45) is 0 Å². The van der Waals surface area contributed by atoms with Gasteiger partial charge in [-0.2, -0.15) is 0 Å². The van der Waals surface area contributed by atoms with Crippen LogP contribution in [0.4, 0.5) is 0 Å². The van der Waals surface area contributed by atoms with Crippen LogP contribution in [0, 0.1) is 0 Å². The summed E-state index contributed by atoms with van der Waals surface area (Å²) in [4.78, 5) is 13.0. The molecule has 1 N–H and O–H groups in total.